The third kappa shape index (κ3) is 2.54. The lowest BCUT2D eigenvalue weighted by atomic mass is 10.2. The van der Waals surface area contributed by atoms with Crippen LogP contribution in [0.25, 0.3) is 10.9 Å². The molecule has 0 saturated carbocycles. The Morgan fingerprint density at radius 1 is 0.950 bits per heavy atom. The van der Waals surface area contributed by atoms with Gasteiger partial charge in [-0.3, -0.25) is 15.3 Å². The van der Waals surface area contributed by atoms with E-state index in [1.54, 1.807) is 12.4 Å². The highest BCUT2D eigenvalue weighted by Gasteiger charge is 2.06. The van der Waals surface area contributed by atoms with Gasteiger partial charge in [-0.05, 0) is 24.3 Å². The molecule has 2 amide bonds. The van der Waals surface area contributed by atoms with Crippen LogP contribution in [0.3, 0.4) is 0 Å². The van der Waals surface area contributed by atoms with Crippen molar-refractivity contribution in [3.8, 4) is 0 Å². The summed E-state index contributed by atoms with van der Waals surface area (Å²) in [5.41, 5.74) is 1.52. The highest BCUT2D eigenvalue weighted by molar-refractivity contribution is 6.05. The number of fused-ring (bicyclic) bond motifs is 1. The van der Waals surface area contributed by atoms with E-state index in [0.717, 1.165) is 10.9 Å². The average molecular weight is 265 g/mol. The minimum Gasteiger partial charge on any atom is -0.307 e. The molecule has 0 bridgehead atoms. The number of nitrogens with zero attached hydrogens (tertiary/aromatic N) is 3. The second-order valence-electron chi connectivity index (χ2n) is 4.05. The Bertz CT molecular complexity index is 739. The Morgan fingerprint density at radius 3 is 2.75 bits per heavy atom. The number of pyridine rings is 1. The maximum Gasteiger partial charge on any atom is 0.324 e. The fraction of sp³-hybridized carbons (Fsp3) is 0. The molecule has 0 radical (unpaired) electrons. The van der Waals surface area contributed by atoms with Gasteiger partial charge in [0.25, 0.3) is 0 Å². The first-order chi connectivity index (χ1) is 9.83. The number of amides is 2. The Hall–Kier alpha value is -3.02. The minimum atomic E-state index is -0.373. The van der Waals surface area contributed by atoms with Gasteiger partial charge < -0.3 is 5.32 Å². The fourth-order valence-corrected chi connectivity index (χ4v) is 1.85. The Kier molecular flexibility index (Phi) is 3.20. The first-order valence-corrected chi connectivity index (χ1v) is 6.01. The average Bonchev–Trinajstić information content (AvgIpc) is 2.48. The molecule has 0 aliphatic carbocycles. The van der Waals surface area contributed by atoms with E-state index in [-0.39, 0.29) is 6.03 Å². The van der Waals surface area contributed by atoms with Crippen LogP contribution in [-0.4, -0.2) is 21.0 Å². The van der Waals surface area contributed by atoms with Crippen molar-refractivity contribution in [2.24, 2.45) is 0 Å². The van der Waals surface area contributed by atoms with E-state index in [4.69, 9.17) is 0 Å². The number of urea groups is 1. The van der Waals surface area contributed by atoms with E-state index in [1.807, 2.05) is 30.3 Å². The first-order valence-electron chi connectivity index (χ1n) is 6.01. The SMILES string of the molecule is O=C(Nc1cnccn1)Nc1cccc2ncccc12. The third-order valence-corrected chi connectivity index (χ3v) is 2.70. The van der Waals surface area contributed by atoms with Crippen LogP contribution in [-0.2, 0) is 0 Å². The van der Waals surface area contributed by atoms with E-state index in [1.165, 1.54) is 12.4 Å². The smallest absolute Gasteiger partial charge is 0.307 e. The van der Waals surface area contributed by atoms with Crippen LogP contribution >= 0.6 is 0 Å². The highest BCUT2D eigenvalue weighted by atomic mass is 16.2. The zero-order valence-electron chi connectivity index (χ0n) is 10.4. The van der Waals surface area contributed by atoms with Crippen LogP contribution in [0.1, 0.15) is 0 Å². The standard InChI is InChI=1S/C14H11N5O/c20-14(19-13-9-15-7-8-17-13)18-12-5-1-4-11-10(12)3-2-6-16-11/h1-9H,(H2,17,18,19,20). The van der Waals surface area contributed by atoms with Crippen LogP contribution in [0, 0.1) is 0 Å². The van der Waals surface area contributed by atoms with Gasteiger partial charge in [0.15, 0.2) is 5.82 Å². The fourth-order valence-electron chi connectivity index (χ4n) is 1.85. The molecule has 6 heteroatoms. The molecule has 0 atom stereocenters. The zero-order valence-corrected chi connectivity index (χ0v) is 10.4. The van der Waals surface area contributed by atoms with Gasteiger partial charge in [-0.1, -0.05) is 6.07 Å². The molecular weight excluding hydrogens is 254 g/mol. The van der Waals surface area contributed by atoms with E-state index in [2.05, 4.69) is 25.6 Å². The number of carbonyl (C=O) groups excluding carboxylic acids is 1. The van der Waals surface area contributed by atoms with Gasteiger partial charge >= 0.3 is 6.03 Å². The number of carbonyl (C=O) groups is 1. The van der Waals surface area contributed by atoms with E-state index in [9.17, 15) is 4.79 Å². The van der Waals surface area contributed by atoms with Crippen LogP contribution < -0.4 is 10.6 Å². The first kappa shape index (κ1) is 12.0. The van der Waals surface area contributed by atoms with Crippen molar-refractivity contribution in [2.75, 3.05) is 10.6 Å². The molecule has 3 rings (SSSR count). The number of aromatic nitrogens is 3. The molecular formula is C14H11N5O. The molecule has 2 N–H and O–H groups in total. The number of hydrogen-bond donors (Lipinski definition) is 2. The van der Waals surface area contributed by atoms with E-state index >= 15 is 0 Å². The predicted octanol–water partition coefficient (Wildman–Crippen LogP) is 2.67. The van der Waals surface area contributed by atoms with Crippen molar-refractivity contribution in [1.82, 2.24) is 15.0 Å². The van der Waals surface area contributed by atoms with Crippen molar-refractivity contribution in [3.05, 3.63) is 55.1 Å². The number of rotatable bonds is 2. The second-order valence-corrected chi connectivity index (χ2v) is 4.05. The lowest BCUT2D eigenvalue weighted by molar-refractivity contribution is 0.262. The second kappa shape index (κ2) is 5.31. The molecule has 0 saturated heterocycles. The van der Waals surface area contributed by atoms with Crippen molar-refractivity contribution in [3.63, 3.8) is 0 Å². The summed E-state index contributed by atoms with van der Waals surface area (Å²) in [4.78, 5) is 24.0. The molecule has 3 aromatic rings. The molecule has 0 spiro atoms. The van der Waals surface area contributed by atoms with Gasteiger partial charge in [0, 0.05) is 24.0 Å². The zero-order chi connectivity index (χ0) is 13.8. The number of hydrogen-bond acceptors (Lipinski definition) is 4. The minimum absolute atomic E-state index is 0.373. The topological polar surface area (TPSA) is 79.8 Å². The number of anilines is 2. The monoisotopic (exact) mass is 265 g/mol. The van der Waals surface area contributed by atoms with Gasteiger partial charge in [0.05, 0.1) is 17.4 Å². The van der Waals surface area contributed by atoms with Gasteiger partial charge in [-0.15, -0.1) is 0 Å². The van der Waals surface area contributed by atoms with Crippen molar-refractivity contribution < 1.29 is 4.79 Å². The molecule has 1 aromatic carbocycles. The van der Waals surface area contributed by atoms with Crippen LogP contribution in [0.5, 0.6) is 0 Å². The Balaban J connectivity index is 1.81. The van der Waals surface area contributed by atoms with Crippen molar-refractivity contribution >= 4 is 28.4 Å². The van der Waals surface area contributed by atoms with E-state index in [0.29, 0.717) is 11.5 Å². The lowest BCUT2D eigenvalue weighted by Crippen LogP contribution is -2.20. The Morgan fingerprint density at radius 2 is 1.90 bits per heavy atom. The summed E-state index contributed by atoms with van der Waals surface area (Å²) in [7, 11) is 0. The summed E-state index contributed by atoms with van der Waals surface area (Å²) >= 11 is 0. The molecule has 2 aromatic heterocycles. The highest BCUT2D eigenvalue weighted by Crippen LogP contribution is 2.21. The predicted molar refractivity (Wildman–Crippen MR) is 76.4 cm³/mol. The largest absolute Gasteiger partial charge is 0.324 e. The van der Waals surface area contributed by atoms with Crippen LogP contribution in [0.2, 0.25) is 0 Å². The van der Waals surface area contributed by atoms with Crippen molar-refractivity contribution in [1.29, 1.82) is 0 Å². The Labute approximate surface area is 114 Å². The molecule has 0 fully saturated rings. The summed E-state index contributed by atoms with van der Waals surface area (Å²) in [6.45, 7) is 0. The van der Waals surface area contributed by atoms with Gasteiger partial charge in [0.2, 0.25) is 0 Å². The van der Waals surface area contributed by atoms with Gasteiger partial charge in [-0.2, -0.15) is 0 Å². The summed E-state index contributed by atoms with van der Waals surface area (Å²) in [5, 5.41) is 6.27. The molecule has 2 heterocycles. The molecule has 6 nitrogen and oxygen atoms in total. The molecule has 20 heavy (non-hydrogen) atoms. The van der Waals surface area contributed by atoms with Crippen LogP contribution in [0.4, 0.5) is 16.3 Å². The number of benzene rings is 1. The van der Waals surface area contributed by atoms with Crippen molar-refractivity contribution in [2.45, 2.75) is 0 Å². The van der Waals surface area contributed by atoms with Crippen LogP contribution in [0.15, 0.2) is 55.1 Å². The summed E-state index contributed by atoms with van der Waals surface area (Å²) in [5.74, 6) is 0.392. The molecule has 0 aliphatic rings. The van der Waals surface area contributed by atoms with E-state index < -0.39 is 0 Å². The number of nitrogens with one attached hydrogen (secondary N) is 2. The van der Waals surface area contributed by atoms with Gasteiger partial charge in [-0.25, -0.2) is 9.78 Å². The lowest BCUT2D eigenvalue weighted by Gasteiger charge is -2.08. The maximum atomic E-state index is 11.9. The quantitative estimate of drug-likeness (QED) is 0.746. The van der Waals surface area contributed by atoms with Gasteiger partial charge in [0.1, 0.15) is 0 Å². The summed E-state index contributed by atoms with van der Waals surface area (Å²) < 4.78 is 0. The molecule has 98 valence electrons. The molecule has 0 aliphatic heterocycles. The summed E-state index contributed by atoms with van der Waals surface area (Å²) in [6, 6.07) is 8.91. The maximum absolute atomic E-state index is 11.9. The summed E-state index contributed by atoms with van der Waals surface area (Å²) in [6.07, 6.45) is 6.24. The molecule has 0 unspecified atom stereocenters. The third-order valence-electron chi connectivity index (χ3n) is 2.70. The normalized spacial score (nSPS) is 10.2.